The van der Waals surface area contributed by atoms with Gasteiger partial charge in [0, 0.05) is 0 Å². The molecule has 11 nitrogen and oxygen atoms in total. The van der Waals surface area contributed by atoms with Crippen LogP contribution in [0.3, 0.4) is 0 Å². The van der Waals surface area contributed by atoms with E-state index < -0.39 is 31.1 Å². The molecule has 4 heterocycles. The fourth-order valence-electron chi connectivity index (χ4n) is 2.94. The summed E-state index contributed by atoms with van der Waals surface area (Å²) in [6.07, 6.45) is 0.0483. The molecule has 0 aromatic carbocycles. The van der Waals surface area contributed by atoms with Crippen LogP contribution in [0.15, 0.2) is 29.4 Å². The normalized spacial score (nSPS) is 25.8. The highest BCUT2D eigenvalue weighted by Crippen LogP contribution is 2.32. The SMILES string of the molecule is Nc1ccoc1CNc1ncnc2c1ncn2[C@@H]1O[C@H](CO)[C@@H](O)[C@@H]1O. The zero-order chi connectivity index (χ0) is 18.3. The number of aromatic nitrogens is 4. The third kappa shape index (κ3) is 2.66. The van der Waals surface area contributed by atoms with Gasteiger partial charge in [0.15, 0.2) is 23.2 Å². The minimum absolute atomic E-state index is 0.311. The Kier molecular flexibility index (Phi) is 4.20. The van der Waals surface area contributed by atoms with E-state index in [4.69, 9.17) is 14.9 Å². The number of aliphatic hydroxyl groups is 3. The summed E-state index contributed by atoms with van der Waals surface area (Å²) in [5, 5.41) is 32.4. The molecule has 0 radical (unpaired) electrons. The van der Waals surface area contributed by atoms with Gasteiger partial charge in [0.2, 0.25) is 0 Å². The van der Waals surface area contributed by atoms with Gasteiger partial charge in [-0.15, -0.1) is 0 Å². The van der Waals surface area contributed by atoms with Crippen molar-refractivity contribution in [2.75, 3.05) is 17.7 Å². The van der Waals surface area contributed by atoms with Crippen molar-refractivity contribution in [3.8, 4) is 0 Å². The highest BCUT2D eigenvalue weighted by molar-refractivity contribution is 5.82. The predicted molar refractivity (Wildman–Crippen MR) is 88.8 cm³/mol. The number of nitrogens with zero attached hydrogens (tertiary/aromatic N) is 4. The fourth-order valence-corrected chi connectivity index (χ4v) is 2.94. The molecular weight excluding hydrogens is 344 g/mol. The first-order valence-electron chi connectivity index (χ1n) is 7.96. The van der Waals surface area contributed by atoms with Crippen LogP contribution in [-0.2, 0) is 11.3 Å². The van der Waals surface area contributed by atoms with Gasteiger partial charge in [0.05, 0.1) is 31.4 Å². The first kappa shape index (κ1) is 16.7. The molecule has 11 heteroatoms. The maximum absolute atomic E-state index is 10.2. The Morgan fingerprint density at radius 2 is 2.08 bits per heavy atom. The van der Waals surface area contributed by atoms with Crippen LogP contribution in [0, 0.1) is 0 Å². The van der Waals surface area contributed by atoms with Gasteiger partial charge in [-0.05, 0) is 6.07 Å². The molecule has 1 aliphatic heterocycles. The standard InChI is InChI=1S/C15H18N6O5/c16-7-1-2-25-8(7)3-17-13-10-14(19-5-18-13)21(6-20-10)15-12(24)11(23)9(4-22)26-15/h1-2,5-6,9,11-12,15,22-24H,3-4,16H2,(H,17,18,19)/t9-,11-,12+,15-/m1/s1. The summed E-state index contributed by atoms with van der Waals surface area (Å²) in [5.74, 6) is 1.02. The highest BCUT2D eigenvalue weighted by atomic mass is 16.6. The summed E-state index contributed by atoms with van der Waals surface area (Å²) in [6.45, 7) is -0.0978. The molecule has 4 atom stereocenters. The van der Waals surface area contributed by atoms with Crippen molar-refractivity contribution in [2.24, 2.45) is 0 Å². The molecule has 0 saturated carbocycles. The number of imidazole rings is 1. The van der Waals surface area contributed by atoms with Crippen LogP contribution in [0.5, 0.6) is 0 Å². The molecule has 1 fully saturated rings. The average molecular weight is 362 g/mol. The molecule has 1 aliphatic rings. The molecular formula is C15H18N6O5. The Morgan fingerprint density at radius 3 is 2.77 bits per heavy atom. The lowest BCUT2D eigenvalue weighted by molar-refractivity contribution is -0.0511. The second kappa shape index (κ2) is 6.53. The minimum Gasteiger partial charge on any atom is -0.465 e. The van der Waals surface area contributed by atoms with Crippen molar-refractivity contribution in [1.29, 1.82) is 0 Å². The number of anilines is 2. The van der Waals surface area contributed by atoms with Gasteiger partial charge in [0.1, 0.15) is 30.4 Å². The van der Waals surface area contributed by atoms with E-state index in [1.165, 1.54) is 23.5 Å². The number of furan rings is 1. The van der Waals surface area contributed by atoms with Crippen LogP contribution in [-0.4, -0.2) is 59.8 Å². The number of aliphatic hydroxyl groups excluding tert-OH is 3. The largest absolute Gasteiger partial charge is 0.465 e. The number of nitrogens with one attached hydrogen (secondary N) is 1. The summed E-state index contributed by atoms with van der Waals surface area (Å²) in [4.78, 5) is 12.6. The first-order valence-corrected chi connectivity index (χ1v) is 7.96. The topological polar surface area (TPSA) is 165 Å². The second-order valence-electron chi connectivity index (χ2n) is 5.93. The van der Waals surface area contributed by atoms with E-state index in [-0.39, 0.29) is 0 Å². The van der Waals surface area contributed by atoms with Gasteiger partial charge in [-0.25, -0.2) is 15.0 Å². The van der Waals surface area contributed by atoms with Gasteiger partial charge in [0.25, 0.3) is 0 Å². The lowest BCUT2D eigenvalue weighted by Crippen LogP contribution is -2.33. The summed E-state index contributed by atoms with van der Waals surface area (Å²) < 4.78 is 12.3. The summed E-state index contributed by atoms with van der Waals surface area (Å²) >= 11 is 0. The van der Waals surface area contributed by atoms with E-state index in [0.717, 1.165) is 0 Å². The van der Waals surface area contributed by atoms with E-state index in [9.17, 15) is 15.3 Å². The summed E-state index contributed by atoms with van der Waals surface area (Å²) in [5.41, 5.74) is 7.17. The van der Waals surface area contributed by atoms with Crippen molar-refractivity contribution in [3.63, 3.8) is 0 Å². The quantitative estimate of drug-likeness (QED) is 0.389. The van der Waals surface area contributed by atoms with Crippen LogP contribution >= 0.6 is 0 Å². The van der Waals surface area contributed by atoms with Crippen molar-refractivity contribution in [2.45, 2.75) is 31.1 Å². The lowest BCUT2D eigenvalue weighted by atomic mass is 10.1. The molecule has 1 saturated heterocycles. The van der Waals surface area contributed by atoms with Crippen molar-refractivity contribution in [3.05, 3.63) is 30.7 Å². The maximum Gasteiger partial charge on any atom is 0.167 e. The van der Waals surface area contributed by atoms with Crippen LogP contribution < -0.4 is 11.1 Å². The number of hydrogen-bond acceptors (Lipinski definition) is 10. The molecule has 3 aromatic heterocycles. The van der Waals surface area contributed by atoms with E-state index in [0.29, 0.717) is 35.0 Å². The van der Waals surface area contributed by atoms with E-state index >= 15 is 0 Å². The zero-order valence-electron chi connectivity index (χ0n) is 13.6. The third-order valence-electron chi connectivity index (χ3n) is 4.35. The molecule has 138 valence electrons. The Balaban J connectivity index is 1.62. The number of fused-ring (bicyclic) bond motifs is 1. The smallest absolute Gasteiger partial charge is 0.167 e. The Hall–Kier alpha value is -2.73. The monoisotopic (exact) mass is 362 g/mol. The van der Waals surface area contributed by atoms with Gasteiger partial charge in [-0.2, -0.15) is 0 Å². The molecule has 6 N–H and O–H groups in total. The molecule has 4 rings (SSSR count). The number of rotatable bonds is 5. The molecule has 0 aliphatic carbocycles. The zero-order valence-corrected chi connectivity index (χ0v) is 13.6. The maximum atomic E-state index is 10.2. The number of ether oxygens (including phenoxy) is 1. The summed E-state index contributed by atoms with van der Waals surface area (Å²) in [7, 11) is 0. The summed E-state index contributed by atoms with van der Waals surface area (Å²) in [6, 6.07) is 1.66. The molecule has 0 amide bonds. The van der Waals surface area contributed by atoms with Crippen LogP contribution in [0.4, 0.5) is 11.5 Å². The van der Waals surface area contributed by atoms with E-state index in [1.807, 2.05) is 0 Å². The molecule has 3 aromatic rings. The van der Waals surface area contributed by atoms with E-state index in [1.54, 1.807) is 6.07 Å². The Labute approximate surface area is 147 Å². The minimum atomic E-state index is -1.22. The molecule has 0 unspecified atom stereocenters. The van der Waals surface area contributed by atoms with Crippen molar-refractivity contribution in [1.82, 2.24) is 19.5 Å². The molecule has 0 bridgehead atoms. The van der Waals surface area contributed by atoms with Gasteiger partial charge >= 0.3 is 0 Å². The third-order valence-corrected chi connectivity index (χ3v) is 4.35. The van der Waals surface area contributed by atoms with Crippen LogP contribution in [0.2, 0.25) is 0 Å². The first-order chi connectivity index (χ1) is 12.6. The number of hydrogen-bond donors (Lipinski definition) is 5. The lowest BCUT2D eigenvalue weighted by Gasteiger charge is -2.16. The predicted octanol–water partition coefficient (Wildman–Crippen LogP) is -0.775. The van der Waals surface area contributed by atoms with Gasteiger partial charge in [-0.3, -0.25) is 4.57 Å². The molecule has 0 spiro atoms. The number of nitrogens with two attached hydrogens (primary N) is 1. The fraction of sp³-hybridized carbons (Fsp3) is 0.400. The van der Waals surface area contributed by atoms with Crippen molar-refractivity contribution < 1.29 is 24.5 Å². The molecule has 26 heavy (non-hydrogen) atoms. The highest BCUT2D eigenvalue weighted by Gasteiger charge is 2.44. The van der Waals surface area contributed by atoms with Crippen LogP contribution in [0.25, 0.3) is 11.2 Å². The second-order valence-corrected chi connectivity index (χ2v) is 5.93. The Bertz CT molecular complexity index is 911. The van der Waals surface area contributed by atoms with Crippen molar-refractivity contribution >= 4 is 22.7 Å². The van der Waals surface area contributed by atoms with Crippen LogP contribution in [0.1, 0.15) is 12.0 Å². The van der Waals surface area contributed by atoms with Gasteiger partial charge < -0.3 is 35.5 Å². The average Bonchev–Trinajstić information content (AvgIpc) is 3.32. The van der Waals surface area contributed by atoms with E-state index in [2.05, 4.69) is 20.3 Å². The Morgan fingerprint density at radius 1 is 1.23 bits per heavy atom. The number of nitrogen functional groups attached to an aromatic ring is 1. The van der Waals surface area contributed by atoms with Gasteiger partial charge in [-0.1, -0.05) is 0 Å².